The summed E-state index contributed by atoms with van der Waals surface area (Å²) < 4.78 is 0. The molecule has 0 heterocycles. The molecule has 0 spiro atoms. The first-order chi connectivity index (χ1) is 9.65. The molecule has 2 nitrogen and oxygen atoms in total. The van der Waals surface area contributed by atoms with Gasteiger partial charge in [-0.15, -0.1) is 0 Å². The lowest BCUT2D eigenvalue weighted by atomic mass is 9.78. The minimum Gasteiger partial charge on any atom is -0.329 e. The van der Waals surface area contributed by atoms with Crippen LogP contribution in [0.3, 0.4) is 0 Å². The molecule has 0 amide bonds. The maximum absolute atomic E-state index is 6.29. The minimum absolute atomic E-state index is 0.170. The van der Waals surface area contributed by atoms with Crippen molar-refractivity contribution in [2.75, 3.05) is 13.1 Å². The monoisotopic (exact) mass is 272 g/mol. The molecule has 1 saturated carbocycles. The van der Waals surface area contributed by atoms with Crippen molar-refractivity contribution in [2.45, 2.75) is 45.1 Å². The second kappa shape index (κ2) is 5.50. The zero-order valence-electron chi connectivity index (χ0n) is 12.9. The molecular weight excluding hydrogens is 244 g/mol. The first-order valence-electron chi connectivity index (χ1n) is 8.17. The Morgan fingerprint density at radius 2 is 1.70 bits per heavy atom. The van der Waals surface area contributed by atoms with E-state index in [2.05, 4.69) is 43.4 Å². The second-order valence-corrected chi connectivity index (χ2v) is 7.17. The van der Waals surface area contributed by atoms with Gasteiger partial charge < -0.3 is 11.1 Å². The molecule has 2 heteroatoms. The molecule has 3 rings (SSSR count). The van der Waals surface area contributed by atoms with E-state index in [4.69, 9.17) is 5.73 Å². The van der Waals surface area contributed by atoms with Crippen LogP contribution in [0.1, 0.15) is 37.8 Å². The Morgan fingerprint density at radius 3 is 2.15 bits per heavy atom. The lowest BCUT2D eigenvalue weighted by Gasteiger charge is -2.40. The molecular formula is C18H28N2. The molecule has 2 bridgehead atoms. The Morgan fingerprint density at radius 1 is 1.15 bits per heavy atom. The highest BCUT2D eigenvalue weighted by molar-refractivity contribution is 5.32. The van der Waals surface area contributed by atoms with E-state index in [1.54, 1.807) is 11.1 Å². The molecule has 3 N–H and O–H groups in total. The molecule has 0 aromatic heterocycles. The van der Waals surface area contributed by atoms with E-state index in [0.717, 1.165) is 13.1 Å². The number of benzene rings is 1. The molecule has 1 fully saturated rings. The van der Waals surface area contributed by atoms with Crippen molar-refractivity contribution < 1.29 is 0 Å². The lowest BCUT2D eigenvalue weighted by molar-refractivity contribution is 0.188. The van der Waals surface area contributed by atoms with Crippen molar-refractivity contribution in [2.24, 2.45) is 23.5 Å². The summed E-state index contributed by atoms with van der Waals surface area (Å²) in [6.07, 6.45) is 5.08. The van der Waals surface area contributed by atoms with Crippen LogP contribution in [0.15, 0.2) is 24.3 Å². The van der Waals surface area contributed by atoms with Gasteiger partial charge >= 0.3 is 0 Å². The quantitative estimate of drug-likeness (QED) is 0.884. The fourth-order valence-corrected chi connectivity index (χ4v) is 4.39. The number of fused-ring (bicyclic) bond motifs is 3. The Balaban J connectivity index is 1.90. The fraction of sp³-hybridized carbons (Fsp3) is 0.667. The predicted octanol–water partition coefficient (Wildman–Crippen LogP) is 2.75. The summed E-state index contributed by atoms with van der Waals surface area (Å²) in [4.78, 5) is 0. The number of rotatable bonds is 4. The highest BCUT2D eigenvalue weighted by Crippen LogP contribution is 2.46. The van der Waals surface area contributed by atoms with Crippen LogP contribution in [-0.4, -0.2) is 18.6 Å². The van der Waals surface area contributed by atoms with Gasteiger partial charge in [0.1, 0.15) is 0 Å². The molecule has 2 aliphatic rings. The maximum atomic E-state index is 6.29. The topological polar surface area (TPSA) is 38.0 Å². The van der Waals surface area contributed by atoms with E-state index >= 15 is 0 Å². The highest BCUT2D eigenvalue weighted by atomic mass is 15.0. The normalized spacial score (nSPS) is 32.2. The summed E-state index contributed by atoms with van der Waals surface area (Å²) >= 11 is 0. The summed E-state index contributed by atoms with van der Waals surface area (Å²) in [5, 5.41) is 3.90. The molecule has 0 aliphatic heterocycles. The first kappa shape index (κ1) is 14.1. The van der Waals surface area contributed by atoms with Crippen LogP contribution in [0, 0.1) is 17.8 Å². The largest absolute Gasteiger partial charge is 0.329 e. The zero-order chi connectivity index (χ0) is 14.2. The molecule has 0 radical (unpaired) electrons. The van der Waals surface area contributed by atoms with E-state index in [9.17, 15) is 0 Å². The van der Waals surface area contributed by atoms with E-state index in [1.807, 2.05) is 0 Å². The van der Waals surface area contributed by atoms with E-state index < -0.39 is 0 Å². The van der Waals surface area contributed by atoms with Crippen LogP contribution in [0.4, 0.5) is 0 Å². The van der Waals surface area contributed by atoms with Gasteiger partial charge in [0.2, 0.25) is 0 Å². The van der Waals surface area contributed by atoms with Gasteiger partial charge in [0.05, 0.1) is 0 Å². The van der Waals surface area contributed by atoms with Crippen molar-refractivity contribution >= 4 is 0 Å². The second-order valence-electron chi connectivity index (χ2n) is 7.17. The molecule has 0 saturated heterocycles. The third-order valence-corrected chi connectivity index (χ3v) is 5.55. The van der Waals surface area contributed by atoms with E-state index in [1.165, 1.54) is 25.7 Å². The number of nitrogens with one attached hydrogen (secondary N) is 1. The summed E-state index contributed by atoms with van der Waals surface area (Å²) in [5.41, 5.74) is 9.58. The van der Waals surface area contributed by atoms with Crippen molar-refractivity contribution in [3.8, 4) is 0 Å². The number of hydrogen-bond donors (Lipinski definition) is 2. The van der Waals surface area contributed by atoms with Gasteiger partial charge in [0.25, 0.3) is 0 Å². The Labute approximate surface area is 123 Å². The summed E-state index contributed by atoms with van der Waals surface area (Å²) in [7, 11) is 0. The van der Waals surface area contributed by atoms with Crippen LogP contribution in [-0.2, 0) is 12.8 Å². The molecule has 110 valence electrons. The molecule has 1 aromatic carbocycles. The lowest BCUT2D eigenvalue weighted by Crippen LogP contribution is -2.59. The SMILES string of the molecule is CC(C)CNC1(CN)C2CCC1Cc1ccccc1C2. The van der Waals surface area contributed by atoms with Gasteiger partial charge in [0, 0.05) is 12.1 Å². The standard InChI is InChI=1S/C18H28N2/c1-13(2)11-20-18(12-19)16-7-8-17(18)10-15-6-4-3-5-14(15)9-16/h3-6,13,16-17,20H,7-12,19H2,1-2H3. The molecule has 2 unspecified atom stereocenters. The predicted molar refractivity (Wildman–Crippen MR) is 84.7 cm³/mol. The van der Waals surface area contributed by atoms with Crippen molar-refractivity contribution in [3.63, 3.8) is 0 Å². The highest BCUT2D eigenvalue weighted by Gasteiger charge is 2.50. The average Bonchev–Trinajstić information content (AvgIpc) is 2.68. The Hall–Kier alpha value is -0.860. The number of hydrogen-bond acceptors (Lipinski definition) is 2. The number of nitrogens with two attached hydrogens (primary N) is 1. The van der Waals surface area contributed by atoms with E-state index in [-0.39, 0.29) is 5.54 Å². The summed E-state index contributed by atoms with van der Waals surface area (Å²) in [5.74, 6) is 2.10. The van der Waals surface area contributed by atoms with Crippen LogP contribution in [0.2, 0.25) is 0 Å². The Kier molecular flexibility index (Phi) is 3.87. The van der Waals surface area contributed by atoms with Gasteiger partial charge in [-0.25, -0.2) is 0 Å². The smallest absolute Gasteiger partial charge is 0.0367 e. The van der Waals surface area contributed by atoms with Gasteiger partial charge in [-0.3, -0.25) is 0 Å². The molecule has 2 aliphatic carbocycles. The molecule has 1 aromatic rings. The third-order valence-electron chi connectivity index (χ3n) is 5.55. The summed E-state index contributed by atoms with van der Waals surface area (Å²) in [6.45, 7) is 6.43. The van der Waals surface area contributed by atoms with Crippen molar-refractivity contribution in [3.05, 3.63) is 35.4 Å². The van der Waals surface area contributed by atoms with Gasteiger partial charge in [-0.2, -0.15) is 0 Å². The van der Waals surface area contributed by atoms with Gasteiger partial charge in [0.15, 0.2) is 0 Å². The first-order valence-corrected chi connectivity index (χ1v) is 8.17. The summed E-state index contributed by atoms with van der Waals surface area (Å²) in [6, 6.07) is 9.01. The van der Waals surface area contributed by atoms with Crippen LogP contribution >= 0.6 is 0 Å². The Bertz CT molecular complexity index is 433. The molecule has 20 heavy (non-hydrogen) atoms. The third kappa shape index (κ3) is 2.29. The van der Waals surface area contributed by atoms with Crippen LogP contribution in [0.5, 0.6) is 0 Å². The minimum atomic E-state index is 0.170. The average molecular weight is 272 g/mol. The van der Waals surface area contributed by atoms with Crippen LogP contribution in [0.25, 0.3) is 0 Å². The van der Waals surface area contributed by atoms with E-state index in [0.29, 0.717) is 17.8 Å². The fourth-order valence-electron chi connectivity index (χ4n) is 4.39. The van der Waals surface area contributed by atoms with Crippen LogP contribution < -0.4 is 11.1 Å². The van der Waals surface area contributed by atoms with Gasteiger partial charge in [-0.05, 0) is 61.1 Å². The van der Waals surface area contributed by atoms with Gasteiger partial charge in [-0.1, -0.05) is 38.1 Å². The van der Waals surface area contributed by atoms with Crippen molar-refractivity contribution in [1.29, 1.82) is 0 Å². The van der Waals surface area contributed by atoms with Crippen molar-refractivity contribution in [1.82, 2.24) is 5.32 Å². The molecule has 2 atom stereocenters. The maximum Gasteiger partial charge on any atom is 0.0367 e. The zero-order valence-corrected chi connectivity index (χ0v) is 12.9.